The second kappa shape index (κ2) is 12.3. The second-order valence-corrected chi connectivity index (χ2v) is 10.4. The summed E-state index contributed by atoms with van der Waals surface area (Å²) in [6.07, 6.45) is 6.62. The Hall–Kier alpha value is -2.77. The molecule has 2 N–H and O–H groups in total. The molecular weight excluding hydrogens is 465 g/mol. The number of benzene rings is 2. The van der Waals surface area contributed by atoms with Gasteiger partial charge in [0.1, 0.15) is 0 Å². The van der Waals surface area contributed by atoms with Crippen molar-refractivity contribution in [3.05, 3.63) is 88.3 Å². The zero-order chi connectivity index (χ0) is 25.4. The van der Waals surface area contributed by atoms with Crippen molar-refractivity contribution in [3.63, 3.8) is 0 Å². The Morgan fingerprint density at radius 2 is 1.74 bits per heavy atom. The fraction of sp³-hybridized carbons (Fsp3) is 0.385. The molecule has 4 rings (SSSR count). The van der Waals surface area contributed by atoms with Gasteiger partial charge < -0.3 is 19.7 Å². The fourth-order valence-corrected chi connectivity index (χ4v) is 5.69. The van der Waals surface area contributed by atoms with E-state index in [4.69, 9.17) is 14.8 Å². The largest absolute Gasteiger partial charge is 0.351 e. The number of nitrogens with zero attached hydrogens (tertiary/aromatic N) is 2. The summed E-state index contributed by atoms with van der Waals surface area (Å²) < 4.78 is 23.4. The number of nitrogens with two attached hydrogens (primary N) is 1. The molecule has 2 unspecified atom stereocenters. The van der Waals surface area contributed by atoms with Crippen LogP contribution in [0.1, 0.15) is 38.7 Å². The molecular formula is C26H34N3O5P. The monoisotopic (exact) mass is 499 g/mol. The van der Waals surface area contributed by atoms with Gasteiger partial charge in [0.25, 0.3) is 5.69 Å². The Labute approximate surface area is 207 Å². The number of hydrogen-bond donors (Lipinski definition) is 1. The third kappa shape index (κ3) is 7.36. The van der Waals surface area contributed by atoms with Gasteiger partial charge in [-0.1, -0.05) is 42.5 Å². The van der Waals surface area contributed by atoms with E-state index in [-0.39, 0.29) is 23.8 Å². The summed E-state index contributed by atoms with van der Waals surface area (Å²) in [4.78, 5) is 12.7. The van der Waals surface area contributed by atoms with Crippen LogP contribution in [0.3, 0.4) is 0 Å². The summed E-state index contributed by atoms with van der Waals surface area (Å²) >= 11 is 0. The van der Waals surface area contributed by atoms with Crippen LogP contribution in [0, 0.1) is 10.1 Å². The Kier molecular flexibility index (Phi) is 9.40. The number of likely N-dealkylation sites (N-methyl/N-ethyl adjacent to an activating group) is 1. The molecule has 9 heteroatoms. The van der Waals surface area contributed by atoms with Crippen molar-refractivity contribution in [2.75, 3.05) is 25.9 Å². The molecule has 3 aliphatic rings. The van der Waals surface area contributed by atoms with E-state index >= 15 is 0 Å². The Morgan fingerprint density at radius 1 is 1.09 bits per heavy atom. The first kappa shape index (κ1) is 26.8. The van der Waals surface area contributed by atoms with E-state index < -0.39 is 12.5 Å². The van der Waals surface area contributed by atoms with Gasteiger partial charge in [-0.2, -0.15) is 0 Å². The quantitative estimate of drug-likeness (QED) is 0.194. The van der Waals surface area contributed by atoms with Crippen LogP contribution in [-0.2, 0) is 13.6 Å². The molecule has 188 valence electrons. The molecule has 35 heavy (non-hydrogen) atoms. The first-order valence-corrected chi connectivity index (χ1v) is 13.7. The summed E-state index contributed by atoms with van der Waals surface area (Å²) in [6, 6.07) is 14.7. The third-order valence-electron chi connectivity index (χ3n) is 5.82. The van der Waals surface area contributed by atoms with Gasteiger partial charge in [-0.25, -0.2) is 0 Å². The van der Waals surface area contributed by atoms with Crippen LogP contribution >= 0.6 is 7.60 Å². The van der Waals surface area contributed by atoms with Crippen LogP contribution in [0.2, 0.25) is 0 Å². The topological polar surface area (TPSA) is 108 Å². The average molecular weight is 500 g/mol. The van der Waals surface area contributed by atoms with Gasteiger partial charge in [-0.15, -0.1) is 0 Å². The summed E-state index contributed by atoms with van der Waals surface area (Å²) in [5.41, 5.74) is 11.1. The van der Waals surface area contributed by atoms with E-state index in [2.05, 4.69) is 24.3 Å². The highest BCUT2D eigenvalue weighted by molar-refractivity contribution is 7.53. The average Bonchev–Trinajstić information content (AvgIpc) is 3.46. The Bertz CT molecular complexity index is 1110. The van der Waals surface area contributed by atoms with Crippen LogP contribution in [0.5, 0.6) is 0 Å². The van der Waals surface area contributed by atoms with E-state index in [9.17, 15) is 14.7 Å². The molecule has 0 fully saturated rings. The zero-order valence-corrected chi connectivity index (χ0v) is 21.4. The standard InChI is InChI=1S/C20H30N3O5P.C6H4/c1-4-22-12-10-17(16-8-7-9-18(14-16)23(24)25)15-20(22)19(21)11-13-29(26,27-5-2)28-6-3;1-2-5-4-6(5)3-1/h7-10,12,14-15,17,19H,4-6,11,13,21H2,1-3H3;1-4H. The maximum Gasteiger partial charge on any atom is 0.330 e. The van der Waals surface area contributed by atoms with Crippen molar-refractivity contribution in [3.8, 4) is 11.1 Å². The van der Waals surface area contributed by atoms with E-state index in [0.717, 1.165) is 17.8 Å². The maximum atomic E-state index is 12.7. The summed E-state index contributed by atoms with van der Waals surface area (Å²) in [6.45, 7) is 6.93. The normalized spacial score (nSPS) is 16.7. The van der Waals surface area contributed by atoms with E-state index in [1.807, 2.05) is 36.2 Å². The minimum Gasteiger partial charge on any atom is -0.351 e. The van der Waals surface area contributed by atoms with Gasteiger partial charge in [0.15, 0.2) is 0 Å². The molecule has 2 atom stereocenters. The van der Waals surface area contributed by atoms with Crippen molar-refractivity contribution < 1.29 is 18.5 Å². The first-order chi connectivity index (χ1) is 16.8. The number of hydrogen-bond acceptors (Lipinski definition) is 7. The van der Waals surface area contributed by atoms with Gasteiger partial charge in [0.05, 0.1) is 24.3 Å². The number of non-ortho nitro benzene ring substituents is 1. The van der Waals surface area contributed by atoms with Crippen LogP contribution in [0.15, 0.2) is 72.6 Å². The number of rotatable bonds is 11. The molecule has 1 aromatic carbocycles. The summed E-state index contributed by atoms with van der Waals surface area (Å²) in [5.74, 6) is -0.121. The lowest BCUT2D eigenvalue weighted by Crippen LogP contribution is -2.35. The molecule has 0 spiro atoms. The van der Waals surface area contributed by atoms with Gasteiger partial charge in [-0.05, 0) is 49.9 Å². The van der Waals surface area contributed by atoms with Gasteiger partial charge in [-0.3, -0.25) is 14.7 Å². The molecule has 1 aromatic rings. The molecule has 0 saturated heterocycles. The fourth-order valence-electron chi connectivity index (χ4n) is 3.98. The lowest BCUT2D eigenvalue weighted by atomic mass is 9.93. The minimum absolute atomic E-state index is 0.0578. The molecule has 0 amide bonds. The van der Waals surface area contributed by atoms with Gasteiger partial charge in [0, 0.05) is 42.5 Å². The molecule has 0 saturated carbocycles. The highest BCUT2D eigenvalue weighted by atomic mass is 31.2. The van der Waals surface area contributed by atoms with E-state index in [1.165, 1.54) is 17.2 Å². The highest BCUT2D eigenvalue weighted by Gasteiger charge is 2.27. The Morgan fingerprint density at radius 3 is 2.26 bits per heavy atom. The van der Waals surface area contributed by atoms with E-state index in [0.29, 0.717) is 19.6 Å². The van der Waals surface area contributed by atoms with Crippen molar-refractivity contribution in [1.29, 1.82) is 0 Å². The minimum atomic E-state index is -3.16. The first-order valence-electron chi connectivity index (χ1n) is 11.9. The van der Waals surface area contributed by atoms with Crippen LogP contribution in [-0.4, -0.2) is 41.8 Å². The predicted octanol–water partition coefficient (Wildman–Crippen LogP) is 6.06. The zero-order valence-electron chi connectivity index (χ0n) is 20.5. The lowest BCUT2D eigenvalue weighted by Gasteiger charge is -2.32. The van der Waals surface area contributed by atoms with Crippen molar-refractivity contribution in [1.82, 2.24) is 4.90 Å². The SMILES string of the molecule is CCOP(=O)(CCC(N)C1=CC(c2cccc([N+](=O)[O-])c2)C=CN1CC)OCC.c1cc2cc-2c1. The van der Waals surface area contributed by atoms with Gasteiger partial charge in [0.2, 0.25) is 0 Å². The number of fused-ring (bicyclic) bond motifs is 1. The third-order valence-corrected chi connectivity index (χ3v) is 7.93. The number of nitro groups is 1. The lowest BCUT2D eigenvalue weighted by molar-refractivity contribution is -0.384. The van der Waals surface area contributed by atoms with Crippen molar-refractivity contribution in [2.24, 2.45) is 5.73 Å². The molecule has 8 nitrogen and oxygen atoms in total. The summed E-state index contributed by atoms with van der Waals surface area (Å²) in [7, 11) is -3.16. The molecule has 1 aliphatic heterocycles. The van der Waals surface area contributed by atoms with Crippen LogP contribution in [0.4, 0.5) is 5.69 Å². The molecule has 0 radical (unpaired) electrons. The molecule has 0 aromatic heterocycles. The van der Waals surface area contributed by atoms with Gasteiger partial charge >= 0.3 is 7.60 Å². The predicted molar refractivity (Wildman–Crippen MR) is 139 cm³/mol. The molecule has 1 heterocycles. The second-order valence-electron chi connectivity index (χ2n) is 8.24. The van der Waals surface area contributed by atoms with Crippen LogP contribution in [0.25, 0.3) is 11.1 Å². The van der Waals surface area contributed by atoms with Crippen molar-refractivity contribution in [2.45, 2.75) is 39.2 Å². The number of nitro benzene ring substituents is 1. The Balaban J connectivity index is 0.000000485. The van der Waals surface area contributed by atoms with Crippen molar-refractivity contribution >= 4 is 13.3 Å². The van der Waals surface area contributed by atoms with Crippen LogP contribution < -0.4 is 5.73 Å². The number of allylic oxidation sites excluding steroid dienone is 2. The molecule has 2 aliphatic carbocycles. The summed E-state index contributed by atoms with van der Waals surface area (Å²) in [5, 5.41) is 11.1. The molecule has 0 bridgehead atoms. The maximum absolute atomic E-state index is 12.7. The van der Waals surface area contributed by atoms with E-state index in [1.54, 1.807) is 26.0 Å². The smallest absolute Gasteiger partial charge is 0.330 e. The highest BCUT2D eigenvalue weighted by Crippen LogP contribution is 2.49.